The predicted octanol–water partition coefficient (Wildman–Crippen LogP) is 6.09. The molecule has 1 atom stereocenters. The van der Waals surface area contributed by atoms with Crippen LogP contribution in [0.3, 0.4) is 0 Å². The van der Waals surface area contributed by atoms with Crippen molar-refractivity contribution in [1.29, 1.82) is 0 Å². The highest BCUT2D eigenvalue weighted by Crippen LogP contribution is 2.29. The molecule has 1 unspecified atom stereocenters. The van der Waals surface area contributed by atoms with E-state index in [4.69, 9.17) is 23.2 Å². The molecule has 20 heavy (non-hydrogen) atoms. The highest BCUT2D eigenvalue weighted by molar-refractivity contribution is 6.42. The minimum Gasteiger partial charge on any atom is -0.378 e. The van der Waals surface area contributed by atoms with Crippen LogP contribution in [0, 0.1) is 20.8 Å². The summed E-state index contributed by atoms with van der Waals surface area (Å²) in [4.78, 5) is 0. The molecular weight excluding hydrogens is 289 g/mol. The fourth-order valence-electron chi connectivity index (χ4n) is 2.36. The fourth-order valence-corrected chi connectivity index (χ4v) is 2.66. The van der Waals surface area contributed by atoms with Crippen LogP contribution in [0.1, 0.15) is 35.2 Å². The predicted molar refractivity (Wildman–Crippen MR) is 89.2 cm³/mol. The van der Waals surface area contributed by atoms with Gasteiger partial charge in [0.05, 0.1) is 10.0 Å². The van der Waals surface area contributed by atoms with Gasteiger partial charge in [-0.15, -0.1) is 0 Å². The Morgan fingerprint density at radius 2 is 1.50 bits per heavy atom. The van der Waals surface area contributed by atoms with Gasteiger partial charge < -0.3 is 5.32 Å². The molecular formula is C17H19Cl2N. The molecule has 0 radical (unpaired) electrons. The maximum Gasteiger partial charge on any atom is 0.0612 e. The molecule has 0 aliphatic heterocycles. The minimum absolute atomic E-state index is 0.214. The first-order chi connectivity index (χ1) is 9.38. The van der Waals surface area contributed by atoms with Crippen molar-refractivity contribution in [3.8, 4) is 0 Å². The molecule has 2 aromatic carbocycles. The van der Waals surface area contributed by atoms with Gasteiger partial charge in [-0.2, -0.15) is 0 Å². The van der Waals surface area contributed by atoms with Gasteiger partial charge in [-0.25, -0.2) is 0 Å². The summed E-state index contributed by atoms with van der Waals surface area (Å²) in [7, 11) is 0. The van der Waals surface area contributed by atoms with Crippen molar-refractivity contribution in [2.75, 3.05) is 5.32 Å². The summed E-state index contributed by atoms with van der Waals surface area (Å²) in [5, 5.41) is 4.62. The first kappa shape index (κ1) is 15.2. The summed E-state index contributed by atoms with van der Waals surface area (Å²) < 4.78 is 0. The van der Waals surface area contributed by atoms with E-state index < -0.39 is 0 Å². The molecule has 0 heterocycles. The molecule has 2 aromatic rings. The van der Waals surface area contributed by atoms with Gasteiger partial charge in [0, 0.05) is 11.7 Å². The molecule has 106 valence electrons. The summed E-state index contributed by atoms with van der Waals surface area (Å²) in [5.74, 6) is 0. The van der Waals surface area contributed by atoms with E-state index in [1.165, 1.54) is 22.3 Å². The molecule has 0 fully saturated rings. The zero-order chi connectivity index (χ0) is 14.9. The molecule has 0 saturated heterocycles. The van der Waals surface area contributed by atoms with Gasteiger partial charge in [-0.3, -0.25) is 0 Å². The number of benzene rings is 2. The van der Waals surface area contributed by atoms with Crippen LogP contribution in [-0.4, -0.2) is 0 Å². The monoisotopic (exact) mass is 307 g/mol. The third-order valence-electron chi connectivity index (χ3n) is 3.65. The molecule has 1 N–H and O–H groups in total. The Hall–Kier alpha value is -1.18. The topological polar surface area (TPSA) is 12.0 Å². The van der Waals surface area contributed by atoms with Gasteiger partial charge in [0.15, 0.2) is 0 Å². The van der Waals surface area contributed by atoms with Gasteiger partial charge >= 0.3 is 0 Å². The standard InChI is InChI=1S/C17H19Cl2N/c1-10-7-12(3)15(8-11(10)2)13(4)20-14-5-6-16(18)17(19)9-14/h5-9,13,20H,1-4H3. The van der Waals surface area contributed by atoms with Gasteiger partial charge in [-0.1, -0.05) is 35.3 Å². The first-order valence-corrected chi connectivity index (χ1v) is 7.43. The van der Waals surface area contributed by atoms with E-state index in [2.05, 4.69) is 45.1 Å². The van der Waals surface area contributed by atoms with Gasteiger partial charge in [0.2, 0.25) is 0 Å². The lowest BCUT2D eigenvalue weighted by atomic mass is 9.96. The molecule has 0 saturated carbocycles. The van der Waals surface area contributed by atoms with Crippen LogP contribution in [0.5, 0.6) is 0 Å². The normalized spacial score (nSPS) is 12.3. The molecule has 1 nitrogen and oxygen atoms in total. The molecule has 0 aliphatic carbocycles. The summed E-state index contributed by atoms with van der Waals surface area (Å²) in [6.45, 7) is 8.59. The number of aryl methyl sites for hydroxylation is 3. The number of rotatable bonds is 3. The van der Waals surface area contributed by atoms with Crippen molar-refractivity contribution >= 4 is 28.9 Å². The third kappa shape index (κ3) is 3.28. The Bertz CT molecular complexity index is 635. The van der Waals surface area contributed by atoms with Gasteiger partial charge in [0.25, 0.3) is 0 Å². The second-order valence-corrected chi connectivity index (χ2v) is 6.10. The van der Waals surface area contributed by atoms with Crippen molar-refractivity contribution in [1.82, 2.24) is 0 Å². The average Bonchev–Trinajstić information content (AvgIpc) is 2.38. The Labute approximate surface area is 130 Å². The van der Waals surface area contributed by atoms with E-state index in [0.717, 1.165) is 5.69 Å². The van der Waals surface area contributed by atoms with E-state index in [0.29, 0.717) is 10.0 Å². The number of halogens is 2. The maximum absolute atomic E-state index is 6.05. The first-order valence-electron chi connectivity index (χ1n) is 6.68. The van der Waals surface area contributed by atoms with Crippen LogP contribution >= 0.6 is 23.2 Å². The van der Waals surface area contributed by atoms with Crippen LogP contribution in [-0.2, 0) is 0 Å². The molecule has 0 spiro atoms. The van der Waals surface area contributed by atoms with Crippen LogP contribution in [0.2, 0.25) is 10.0 Å². The highest BCUT2D eigenvalue weighted by Gasteiger charge is 2.10. The number of hydrogen-bond donors (Lipinski definition) is 1. The highest BCUT2D eigenvalue weighted by atomic mass is 35.5. The number of hydrogen-bond acceptors (Lipinski definition) is 1. The van der Waals surface area contributed by atoms with E-state index in [-0.39, 0.29) is 6.04 Å². The van der Waals surface area contributed by atoms with E-state index in [9.17, 15) is 0 Å². The van der Waals surface area contributed by atoms with Crippen LogP contribution in [0.25, 0.3) is 0 Å². The lowest BCUT2D eigenvalue weighted by Gasteiger charge is -2.19. The second kappa shape index (κ2) is 6.07. The molecule has 0 bridgehead atoms. The lowest BCUT2D eigenvalue weighted by molar-refractivity contribution is 0.870. The van der Waals surface area contributed by atoms with Crippen molar-refractivity contribution < 1.29 is 0 Å². The van der Waals surface area contributed by atoms with Crippen molar-refractivity contribution in [3.05, 3.63) is 62.6 Å². The van der Waals surface area contributed by atoms with Crippen molar-refractivity contribution in [2.24, 2.45) is 0 Å². The largest absolute Gasteiger partial charge is 0.378 e. The molecule has 0 amide bonds. The molecule has 3 heteroatoms. The average molecular weight is 308 g/mol. The zero-order valence-corrected chi connectivity index (χ0v) is 13.7. The Morgan fingerprint density at radius 1 is 0.850 bits per heavy atom. The lowest BCUT2D eigenvalue weighted by Crippen LogP contribution is -2.09. The third-order valence-corrected chi connectivity index (χ3v) is 4.39. The quantitative estimate of drug-likeness (QED) is 0.723. The molecule has 0 aromatic heterocycles. The second-order valence-electron chi connectivity index (χ2n) is 5.29. The zero-order valence-electron chi connectivity index (χ0n) is 12.2. The Kier molecular flexibility index (Phi) is 4.62. The summed E-state index contributed by atoms with van der Waals surface area (Å²) in [6.07, 6.45) is 0. The number of anilines is 1. The van der Waals surface area contributed by atoms with Crippen LogP contribution < -0.4 is 5.32 Å². The van der Waals surface area contributed by atoms with Gasteiger partial charge in [-0.05, 0) is 68.1 Å². The van der Waals surface area contributed by atoms with Crippen LogP contribution in [0.15, 0.2) is 30.3 Å². The summed E-state index contributed by atoms with van der Waals surface area (Å²) in [6, 6.07) is 10.3. The minimum atomic E-state index is 0.214. The molecule has 0 aliphatic rings. The maximum atomic E-state index is 6.05. The summed E-state index contributed by atoms with van der Waals surface area (Å²) in [5.41, 5.74) is 6.22. The molecule has 2 rings (SSSR count). The van der Waals surface area contributed by atoms with E-state index in [1.54, 1.807) is 0 Å². The Morgan fingerprint density at radius 3 is 2.15 bits per heavy atom. The van der Waals surface area contributed by atoms with Crippen molar-refractivity contribution in [2.45, 2.75) is 33.7 Å². The SMILES string of the molecule is Cc1cc(C)c(C(C)Nc2ccc(Cl)c(Cl)c2)cc1C. The number of nitrogens with one attached hydrogen (secondary N) is 1. The smallest absolute Gasteiger partial charge is 0.0612 e. The Balaban J connectivity index is 2.25. The van der Waals surface area contributed by atoms with E-state index in [1.807, 2.05) is 18.2 Å². The van der Waals surface area contributed by atoms with E-state index >= 15 is 0 Å². The van der Waals surface area contributed by atoms with Crippen molar-refractivity contribution in [3.63, 3.8) is 0 Å². The fraction of sp³-hybridized carbons (Fsp3) is 0.294. The van der Waals surface area contributed by atoms with Crippen LogP contribution in [0.4, 0.5) is 5.69 Å². The summed E-state index contributed by atoms with van der Waals surface area (Å²) >= 11 is 12.0. The van der Waals surface area contributed by atoms with Gasteiger partial charge in [0.1, 0.15) is 0 Å².